The predicted molar refractivity (Wildman–Crippen MR) is 51.3 cm³/mol. The summed E-state index contributed by atoms with van der Waals surface area (Å²) in [6.07, 6.45) is 4.91. The van der Waals surface area contributed by atoms with E-state index in [1.165, 1.54) is 13.5 Å². The number of hydrogen-bond donors (Lipinski definition) is 2. The minimum Gasteiger partial charge on any atom is -1.00 e. The lowest BCUT2D eigenvalue weighted by atomic mass is 9.83. The van der Waals surface area contributed by atoms with E-state index in [0.29, 0.717) is 0 Å². The van der Waals surface area contributed by atoms with Crippen LogP contribution in [0.2, 0.25) is 0 Å². The van der Waals surface area contributed by atoms with Crippen LogP contribution < -0.4 is 18.1 Å². The summed E-state index contributed by atoms with van der Waals surface area (Å²) < 4.78 is 4.56. The Balaban J connectivity index is 0.00000196. The summed E-state index contributed by atoms with van der Waals surface area (Å²) in [5, 5.41) is 9.88. The van der Waals surface area contributed by atoms with Gasteiger partial charge in [-0.05, 0) is 18.8 Å². The van der Waals surface area contributed by atoms with Gasteiger partial charge in [-0.3, -0.25) is 0 Å². The summed E-state index contributed by atoms with van der Waals surface area (Å²) >= 11 is 0. The van der Waals surface area contributed by atoms with Crippen molar-refractivity contribution in [3.63, 3.8) is 0 Å². The Hall–Kier alpha value is -0.320. The molecule has 0 unspecified atom stereocenters. The number of hydrogen-bond acceptors (Lipinski definition) is 3. The molecule has 0 spiro atoms. The van der Waals surface area contributed by atoms with E-state index in [1.54, 1.807) is 0 Å². The van der Waals surface area contributed by atoms with Gasteiger partial charge in [0.1, 0.15) is 6.10 Å². The predicted octanol–water partition coefficient (Wildman–Crippen LogP) is -3.28. The molecule has 1 aliphatic carbocycles. The molecule has 1 aliphatic rings. The van der Waals surface area contributed by atoms with Crippen LogP contribution in [0, 0.1) is 5.92 Å². The molecule has 0 saturated heterocycles. The van der Waals surface area contributed by atoms with Crippen molar-refractivity contribution in [2.24, 2.45) is 5.92 Å². The number of halogens is 1. The molecule has 5 heteroatoms. The molecule has 1 rings (SSSR count). The molecule has 0 aromatic carbocycles. The topological polar surface area (TPSA) is 74.2 Å². The van der Waals surface area contributed by atoms with E-state index >= 15 is 0 Å². The van der Waals surface area contributed by atoms with Crippen molar-refractivity contribution in [1.82, 2.24) is 0 Å². The van der Waals surface area contributed by atoms with Gasteiger partial charge in [-0.2, -0.15) is 0 Å². The maximum absolute atomic E-state index is 11.2. The molecule has 0 aliphatic heterocycles. The van der Waals surface area contributed by atoms with Crippen LogP contribution in [0.3, 0.4) is 0 Å². The molecule has 1 fully saturated rings. The lowest BCUT2D eigenvalue weighted by Gasteiger charge is -2.27. The molecule has 2 atom stereocenters. The number of esters is 1. The second-order valence-corrected chi connectivity index (χ2v) is 4.02. The van der Waals surface area contributed by atoms with Gasteiger partial charge >= 0.3 is 5.97 Å². The third-order valence-corrected chi connectivity index (χ3v) is 3.05. The normalized spacial score (nSPS) is 21.3. The highest BCUT2D eigenvalue weighted by atomic mass is 35.5. The fourth-order valence-corrected chi connectivity index (χ4v) is 2.10. The van der Waals surface area contributed by atoms with Crippen molar-refractivity contribution in [2.75, 3.05) is 7.11 Å². The van der Waals surface area contributed by atoms with Crippen molar-refractivity contribution in [3.8, 4) is 0 Å². The third-order valence-electron chi connectivity index (χ3n) is 3.05. The van der Waals surface area contributed by atoms with Crippen molar-refractivity contribution >= 4 is 5.97 Å². The van der Waals surface area contributed by atoms with E-state index in [-0.39, 0.29) is 18.3 Å². The molecule has 0 radical (unpaired) electrons. The number of carbonyl (C=O) groups excluding carboxylic acids is 1. The smallest absolute Gasteiger partial charge is 0.367 e. The highest BCUT2D eigenvalue weighted by molar-refractivity contribution is 5.74. The van der Waals surface area contributed by atoms with Crippen LogP contribution in [-0.4, -0.2) is 30.3 Å². The average molecular weight is 238 g/mol. The van der Waals surface area contributed by atoms with Gasteiger partial charge in [-0.15, -0.1) is 0 Å². The first-order chi connectivity index (χ1) is 6.66. The van der Waals surface area contributed by atoms with Crippen LogP contribution in [0.15, 0.2) is 0 Å². The molecule has 0 aromatic rings. The summed E-state index contributed by atoms with van der Waals surface area (Å²) in [5.74, 6) is -0.187. The van der Waals surface area contributed by atoms with Crippen LogP contribution in [0.1, 0.15) is 32.1 Å². The van der Waals surface area contributed by atoms with Gasteiger partial charge in [0.15, 0.2) is 0 Å². The summed E-state index contributed by atoms with van der Waals surface area (Å²) in [4.78, 5) is 11.2. The summed E-state index contributed by atoms with van der Waals surface area (Å²) in [5.41, 5.74) is 3.66. The van der Waals surface area contributed by atoms with E-state index in [9.17, 15) is 9.90 Å². The van der Waals surface area contributed by atoms with Crippen LogP contribution in [0.25, 0.3) is 0 Å². The van der Waals surface area contributed by atoms with Crippen LogP contribution in [-0.2, 0) is 9.53 Å². The van der Waals surface area contributed by atoms with Crippen molar-refractivity contribution in [1.29, 1.82) is 0 Å². The van der Waals surface area contributed by atoms with Crippen LogP contribution in [0.4, 0.5) is 0 Å². The van der Waals surface area contributed by atoms with Crippen LogP contribution >= 0.6 is 0 Å². The minimum atomic E-state index is -0.636. The second kappa shape index (κ2) is 7.04. The van der Waals surface area contributed by atoms with Crippen molar-refractivity contribution < 1.29 is 32.8 Å². The Morgan fingerprint density at radius 3 is 2.40 bits per heavy atom. The Bertz CT molecular complexity index is 195. The molecular weight excluding hydrogens is 218 g/mol. The van der Waals surface area contributed by atoms with Gasteiger partial charge < -0.3 is 28.0 Å². The first-order valence-corrected chi connectivity index (χ1v) is 5.25. The van der Waals surface area contributed by atoms with E-state index in [4.69, 9.17) is 0 Å². The first-order valence-electron chi connectivity index (χ1n) is 5.25. The lowest BCUT2D eigenvalue weighted by Crippen LogP contribution is -3.00. The quantitative estimate of drug-likeness (QED) is 0.506. The maximum Gasteiger partial charge on any atom is 0.367 e. The number of rotatable bonds is 3. The number of quaternary nitrogens is 1. The van der Waals surface area contributed by atoms with E-state index < -0.39 is 18.1 Å². The molecule has 15 heavy (non-hydrogen) atoms. The molecule has 0 amide bonds. The molecule has 4 nitrogen and oxygen atoms in total. The van der Waals surface area contributed by atoms with Gasteiger partial charge in [0, 0.05) is 0 Å². The number of carbonyl (C=O) groups is 1. The highest BCUT2D eigenvalue weighted by Crippen LogP contribution is 2.27. The number of aliphatic hydroxyl groups excluding tert-OH is 1. The number of methoxy groups -OCH3 is 1. The SMILES string of the molecule is COC(=O)[C@@H]([NH3+])[C@@H](O)C1CCCCC1.[Cl-]. The molecule has 4 N–H and O–H groups in total. The van der Waals surface area contributed by atoms with E-state index in [0.717, 1.165) is 25.7 Å². The maximum atomic E-state index is 11.2. The minimum absolute atomic E-state index is 0. The zero-order chi connectivity index (χ0) is 10.6. The van der Waals surface area contributed by atoms with Crippen molar-refractivity contribution in [3.05, 3.63) is 0 Å². The summed E-state index contributed by atoms with van der Waals surface area (Å²) in [6.45, 7) is 0. The average Bonchev–Trinajstić information content (AvgIpc) is 2.27. The standard InChI is InChI=1S/C10H19NO3.ClH/c1-14-10(13)8(11)9(12)7-5-3-2-4-6-7;/h7-9,12H,2-6,11H2,1H3;1H/t8-,9-;/m0./s1. The van der Waals surface area contributed by atoms with Gasteiger partial charge in [-0.1, -0.05) is 19.3 Å². The summed E-state index contributed by atoms with van der Waals surface area (Å²) in [6, 6.07) is -0.636. The zero-order valence-corrected chi connectivity index (χ0v) is 9.87. The van der Waals surface area contributed by atoms with Crippen molar-refractivity contribution in [2.45, 2.75) is 44.2 Å². The third kappa shape index (κ3) is 3.97. The molecule has 0 heterocycles. The Morgan fingerprint density at radius 1 is 1.40 bits per heavy atom. The fourth-order valence-electron chi connectivity index (χ4n) is 2.10. The fraction of sp³-hybridized carbons (Fsp3) is 0.900. The second-order valence-electron chi connectivity index (χ2n) is 4.02. The Kier molecular flexibility index (Phi) is 6.89. The summed E-state index contributed by atoms with van der Waals surface area (Å²) in [7, 11) is 1.33. The highest BCUT2D eigenvalue weighted by Gasteiger charge is 2.34. The lowest BCUT2D eigenvalue weighted by molar-refractivity contribution is -0.428. The van der Waals surface area contributed by atoms with Gasteiger partial charge in [0.25, 0.3) is 0 Å². The zero-order valence-electron chi connectivity index (χ0n) is 9.12. The number of ether oxygens (including phenoxy) is 1. The largest absolute Gasteiger partial charge is 1.00 e. The molecule has 1 saturated carbocycles. The van der Waals surface area contributed by atoms with E-state index in [1.807, 2.05) is 0 Å². The molecule has 0 aromatic heterocycles. The number of aliphatic hydroxyl groups is 1. The molecular formula is C10H20ClNO3. The van der Waals surface area contributed by atoms with E-state index in [2.05, 4.69) is 10.5 Å². The molecule has 0 bridgehead atoms. The van der Waals surface area contributed by atoms with Gasteiger partial charge in [0.05, 0.1) is 7.11 Å². The monoisotopic (exact) mass is 237 g/mol. The van der Waals surface area contributed by atoms with Crippen LogP contribution in [0.5, 0.6) is 0 Å². The van der Waals surface area contributed by atoms with Gasteiger partial charge in [-0.25, -0.2) is 4.79 Å². The molecule has 90 valence electrons. The Morgan fingerprint density at radius 2 is 1.93 bits per heavy atom. The van der Waals surface area contributed by atoms with Gasteiger partial charge in [0.2, 0.25) is 6.04 Å². The Labute approximate surface area is 96.6 Å². The first kappa shape index (κ1) is 14.7.